The summed E-state index contributed by atoms with van der Waals surface area (Å²) in [6.07, 6.45) is 2.79. The maximum atomic E-state index is 12.2. The number of halogens is 1. The van der Waals surface area contributed by atoms with Crippen LogP contribution in [-0.2, 0) is 11.3 Å². The minimum Gasteiger partial charge on any atom is -0.339 e. The first-order chi connectivity index (χ1) is 10.1. The number of thioether (sulfide) groups is 1. The predicted octanol–water partition coefficient (Wildman–Crippen LogP) is 2.13. The van der Waals surface area contributed by atoms with Gasteiger partial charge in [-0.3, -0.25) is 9.69 Å². The molecule has 21 heavy (non-hydrogen) atoms. The Morgan fingerprint density at radius 2 is 2.14 bits per heavy atom. The molecule has 0 spiro atoms. The summed E-state index contributed by atoms with van der Waals surface area (Å²) in [5.41, 5.74) is 5.96. The summed E-state index contributed by atoms with van der Waals surface area (Å²) in [6.45, 7) is 4.25. The molecule has 0 aliphatic carbocycles. The molecule has 0 radical (unpaired) electrons. The van der Waals surface area contributed by atoms with Crippen molar-refractivity contribution in [2.45, 2.75) is 19.0 Å². The average molecular weight is 348 g/mol. The lowest BCUT2D eigenvalue weighted by molar-refractivity contribution is -0.134. The Kier molecular flexibility index (Phi) is 6.82. The summed E-state index contributed by atoms with van der Waals surface area (Å²) in [5, 5.41) is 0. The van der Waals surface area contributed by atoms with Gasteiger partial charge in [-0.2, -0.15) is 11.8 Å². The molecule has 1 aliphatic heterocycles. The first-order valence-electron chi connectivity index (χ1n) is 7.10. The first kappa shape index (κ1) is 17.1. The highest BCUT2D eigenvalue weighted by atomic mass is 35.5. The molecule has 118 valence electrons. The van der Waals surface area contributed by atoms with E-state index in [1.807, 2.05) is 17.2 Å². The number of nitrogens with two attached hydrogens (primary N) is 1. The zero-order valence-corrected chi connectivity index (χ0v) is 14.6. The Bertz CT molecular complexity index is 461. The standard InChI is InChI=1S/C14H22ClN3OS2/c1-20-9-4-12(16)14(19)18-7-5-17(6-8-18)10-11-2-3-13(15)21-11/h2-3,12H,4-10,16H2,1H3. The number of nitrogens with zero attached hydrogens (tertiary/aromatic N) is 2. The fourth-order valence-electron chi connectivity index (χ4n) is 2.39. The van der Waals surface area contributed by atoms with E-state index >= 15 is 0 Å². The zero-order chi connectivity index (χ0) is 15.2. The van der Waals surface area contributed by atoms with Gasteiger partial charge in [0.15, 0.2) is 0 Å². The highest BCUT2D eigenvalue weighted by Gasteiger charge is 2.25. The van der Waals surface area contributed by atoms with Gasteiger partial charge in [0.05, 0.1) is 10.4 Å². The number of hydrogen-bond acceptors (Lipinski definition) is 5. The van der Waals surface area contributed by atoms with E-state index in [0.717, 1.165) is 49.2 Å². The van der Waals surface area contributed by atoms with Gasteiger partial charge in [0.1, 0.15) is 0 Å². The van der Waals surface area contributed by atoms with Gasteiger partial charge in [0.25, 0.3) is 0 Å². The molecule has 1 aromatic heterocycles. The summed E-state index contributed by atoms with van der Waals surface area (Å²) < 4.78 is 0.832. The fourth-order valence-corrected chi connectivity index (χ4v) is 4.01. The van der Waals surface area contributed by atoms with Crippen LogP contribution in [0.1, 0.15) is 11.3 Å². The molecule has 0 saturated carbocycles. The number of thiophene rings is 1. The van der Waals surface area contributed by atoms with E-state index in [4.69, 9.17) is 17.3 Å². The van der Waals surface area contributed by atoms with Crippen LogP contribution in [0.15, 0.2) is 12.1 Å². The molecule has 1 unspecified atom stereocenters. The van der Waals surface area contributed by atoms with Crippen LogP contribution in [0.4, 0.5) is 0 Å². The van der Waals surface area contributed by atoms with Crippen LogP contribution in [0.2, 0.25) is 4.34 Å². The van der Waals surface area contributed by atoms with E-state index in [9.17, 15) is 4.79 Å². The van der Waals surface area contributed by atoms with Crippen molar-refractivity contribution in [2.75, 3.05) is 38.2 Å². The smallest absolute Gasteiger partial charge is 0.239 e. The minimum absolute atomic E-state index is 0.0999. The lowest BCUT2D eigenvalue weighted by Gasteiger charge is -2.35. The summed E-state index contributed by atoms with van der Waals surface area (Å²) in [6, 6.07) is 3.66. The third kappa shape index (κ3) is 5.14. The first-order valence-corrected chi connectivity index (χ1v) is 9.69. The molecule has 1 aliphatic rings. The molecule has 4 nitrogen and oxygen atoms in total. The molecule has 0 bridgehead atoms. The van der Waals surface area contributed by atoms with Crippen molar-refractivity contribution in [3.8, 4) is 0 Å². The number of carbonyl (C=O) groups excluding carboxylic acids is 1. The van der Waals surface area contributed by atoms with E-state index < -0.39 is 0 Å². The van der Waals surface area contributed by atoms with Crippen LogP contribution in [-0.4, -0.2) is 59.9 Å². The highest BCUT2D eigenvalue weighted by Crippen LogP contribution is 2.23. The number of piperazine rings is 1. The lowest BCUT2D eigenvalue weighted by Crippen LogP contribution is -2.52. The van der Waals surface area contributed by atoms with Gasteiger partial charge in [-0.15, -0.1) is 11.3 Å². The molecule has 2 rings (SSSR count). The molecular weight excluding hydrogens is 326 g/mol. The second-order valence-corrected chi connectivity index (χ2v) is 7.98. The van der Waals surface area contributed by atoms with Gasteiger partial charge in [-0.05, 0) is 30.6 Å². The van der Waals surface area contributed by atoms with Crippen LogP contribution in [0, 0.1) is 0 Å². The Hall–Kier alpha value is -0.270. The summed E-state index contributed by atoms with van der Waals surface area (Å²) in [4.78, 5) is 17.8. The van der Waals surface area contributed by atoms with Crippen LogP contribution >= 0.6 is 34.7 Å². The van der Waals surface area contributed by atoms with Gasteiger partial charge in [-0.1, -0.05) is 11.6 Å². The SMILES string of the molecule is CSCCC(N)C(=O)N1CCN(Cc2ccc(Cl)s2)CC1. The molecule has 1 fully saturated rings. The van der Waals surface area contributed by atoms with Crippen molar-refractivity contribution in [1.29, 1.82) is 0 Å². The van der Waals surface area contributed by atoms with Gasteiger partial charge in [-0.25, -0.2) is 0 Å². The summed E-state index contributed by atoms with van der Waals surface area (Å²) in [5.74, 6) is 1.04. The minimum atomic E-state index is -0.347. The largest absolute Gasteiger partial charge is 0.339 e. The topological polar surface area (TPSA) is 49.6 Å². The number of hydrogen-bond donors (Lipinski definition) is 1. The molecule has 1 atom stereocenters. The van der Waals surface area contributed by atoms with Crippen LogP contribution in [0.3, 0.4) is 0 Å². The lowest BCUT2D eigenvalue weighted by atomic mass is 10.2. The molecule has 7 heteroatoms. The van der Waals surface area contributed by atoms with Crippen molar-refractivity contribution < 1.29 is 4.79 Å². The number of rotatable bonds is 6. The molecule has 2 N–H and O–H groups in total. The number of carbonyl (C=O) groups is 1. The molecule has 1 amide bonds. The highest BCUT2D eigenvalue weighted by molar-refractivity contribution is 7.98. The maximum absolute atomic E-state index is 12.2. The van der Waals surface area contributed by atoms with E-state index in [-0.39, 0.29) is 11.9 Å². The molecule has 1 saturated heterocycles. The van der Waals surface area contributed by atoms with Crippen LogP contribution < -0.4 is 5.73 Å². The molecular formula is C14H22ClN3OS2. The Morgan fingerprint density at radius 3 is 2.71 bits per heavy atom. The Labute approximate surface area is 139 Å². The third-order valence-corrected chi connectivity index (χ3v) is 5.50. The Morgan fingerprint density at radius 1 is 1.43 bits per heavy atom. The third-order valence-electron chi connectivity index (χ3n) is 3.64. The predicted molar refractivity (Wildman–Crippen MR) is 92.2 cm³/mol. The second kappa shape index (κ2) is 8.39. The summed E-state index contributed by atoms with van der Waals surface area (Å²) in [7, 11) is 0. The second-order valence-electron chi connectivity index (χ2n) is 5.20. The van der Waals surface area contributed by atoms with Crippen molar-refractivity contribution in [1.82, 2.24) is 9.80 Å². The quantitative estimate of drug-likeness (QED) is 0.856. The van der Waals surface area contributed by atoms with Crippen molar-refractivity contribution in [2.24, 2.45) is 5.73 Å². The summed E-state index contributed by atoms with van der Waals surface area (Å²) >= 11 is 9.30. The molecule has 1 aromatic rings. The van der Waals surface area contributed by atoms with Crippen molar-refractivity contribution in [3.63, 3.8) is 0 Å². The Balaban J connectivity index is 1.76. The fraction of sp³-hybridized carbons (Fsp3) is 0.643. The zero-order valence-electron chi connectivity index (χ0n) is 12.3. The van der Waals surface area contributed by atoms with E-state index in [1.165, 1.54) is 4.88 Å². The van der Waals surface area contributed by atoms with Gasteiger partial charge in [0, 0.05) is 37.6 Å². The normalized spacial score (nSPS) is 18.0. The van der Waals surface area contributed by atoms with Crippen molar-refractivity contribution in [3.05, 3.63) is 21.3 Å². The number of amides is 1. The van der Waals surface area contributed by atoms with Gasteiger partial charge >= 0.3 is 0 Å². The van der Waals surface area contributed by atoms with Crippen LogP contribution in [0.5, 0.6) is 0 Å². The molecule has 2 heterocycles. The van der Waals surface area contributed by atoms with Crippen molar-refractivity contribution >= 4 is 40.6 Å². The van der Waals surface area contributed by atoms with Gasteiger partial charge < -0.3 is 10.6 Å². The van der Waals surface area contributed by atoms with Gasteiger partial charge in [0.2, 0.25) is 5.91 Å². The van der Waals surface area contributed by atoms with E-state index in [0.29, 0.717) is 0 Å². The van der Waals surface area contributed by atoms with Crippen LogP contribution in [0.25, 0.3) is 0 Å². The average Bonchev–Trinajstić information content (AvgIpc) is 2.90. The van der Waals surface area contributed by atoms with E-state index in [1.54, 1.807) is 23.1 Å². The maximum Gasteiger partial charge on any atom is 0.239 e. The van der Waals surface area contributed by atoms with E-state index in [2.05, 4.69) is 11.0 Å². The monoisotopic (exact) mass is 347 g/mol. The molecule has 0 aromatic carbocycles.